The van der Waals surface area contributed by atoms with Crippen LogP contribution in [0.4, 0.5) is 18.9 Å². The van der Waals surface area contributed by atoms with Gasteiger partial charge in [-0.2, -0.15) is 18.4 Å². The van der Waals surface area contributed by atoms with Crippen LogP contribution in [0.1, 0.15) is 31.7 Å². The zero-order chi connectivity index (χ0) is 19.4. The maximum Gasteiger partial charge on any atom is 0.416 e. The SMILES string of the molecule is CCCCOCCCN/C=C(/C#N)C(=O)Nc1cccc(C(F)(F)F)c1. The maximum absolute atomic E-state index is 12.7. The first-order chi connectivity index (χ1) is 12.4. The Hall–Kier alpha value is -2.53. The van der Waals surface area contributed by atoms with Crippen LogP contribution in [0.2, 0.25) is 0 Å². The first-order valence-corrected chi connectivity index (χ1v) is 8.28. The molecule has 1 amide bonds. The first-order valence-electron chi connectivity index (χ1n) is 8.28. The van der Waals surface area contributed by atoms with Gasteiger partial charge < -0.3 is 15.4 Å². The summed E-state index contributed by atoms with van der Waals surface area (Å²) >= 11 is 0. The predicted molar refractivity (Wildman–Crippen MR) is 92.1 cm³/mol. The summed E-state index contributed by atoms with van der Waals surface area (Å²) in [6, 6.07) is 5.94. The summed E-state index contributed by atoms with van der Waals surface area (Å²) in [7, 11) is 0. The van der Waals surface area contributed by atoms with Crippen molar-refractivity contribution in [3.8, 4) is 6.07 Å². The Kier molecular flexibility index (Phi) is 9.23. The van der Waals surface area contributed by atoms with Crippen molar-refractivity contribution in [1.82, 2.24) is 5.32 Å². The van der Waals surface area contributed by atoms with Crippen molar-refractivity contribution >= 4 is 11.6 Å². The molecule has 142 valence electrons. The number of alkyl halides is 3. The van der Waals surface area contributed by atoms with E-state index in [0.29, 0.717) is 26.2 Å². The Morgan fingerprint density at radius 2 is 2.04 bits per heavy atom. The fourth-order valence-electron chi connectivity index (χ4n) is 1.92. The van der Waals surface area contributed by atoms with E-state index in [-0.39, 0.29) is 11.3 Å². The van der Waals surface area contributed by atoms with Gasteiger partial charge in [0.05, 0.1) is 5.56 Å². The normalized spacial score (nSPS) is 11.7. The Bertz CT molecular complexity index is 652. The lowest BCUT2D eigenvalue weighted by Gasteiger charge is -2.09. The highest BCUT2D eigenvalue weighted by atomic mass is 19.4. The van der Waals surface area contributed by atoms with Gasteiger partial charge in [-0.15, -0.1) is 0 Å². The summed E-state index contributed by atoms with van der Waals surface area (Å²) < 4.78 is 43.4. The molecule has 8 heteroatoms. The fraction of sp³-hybridized carbons (Fsp3) is 0.444. The first kappa shape index (κ1) is 21.5. The van der Waals surface area contributed by atoms with Crippen LogP contribution in [0, 0.1) is 11.3 Å². The number of nitriles is 1. The van der Waals surface area contributed by atoms with E-state index in [4.69, 9.17) is 10.00 Å². The van der Waals surface area contributed by atoms with Crippen molar-refractivity contribution in [2.24, 2.45) is 0 Å². The number of anilines is 1. The van der Waals surface area contributed by atoms with E-state index in [0.717, 1.165) is 25.0 Å². The largest absolute Gasteiger partial charge is 0.416 e. The second-order valence-electron chi connectivity index (χ2n) is 5.48. The molecule has 26 heavy (non-hydrogen) atoms. The Labute approximate surface area is 150 Å². The third-order valence-electron chi connectivity index (χ3n) is 3.31. The van der Waals surface area contributed by atoms with Gasteiger partial charge in [-0.3, -0.25) is 4.79 Å². The minimum Gasteiger partial charge on any atom is -0.390 e. The van der Waals surface area contributed by atoms with E-state index in [2.05, 4.69) is 17.6 Å². The number of hydrogen-bond acceptors (Lipinski definition) is 4. The molecule has 0 bridgehead atoms. The number of amides is 1. The second kappa shape index (κ2) is 11.2. The van der Waals surface area contributed by atoms with Crippen LogP contribution >= 0.6 is 0 Å². The molecule has 0 aliphatic heterocycles. The molecule has 0 aliphatic carbocycles. The monoisotopic (exact) mass is 369 g/mol. The average Bonchev–Trinajstić information content (AvgIpc) is 2.60. The second-order valence-corrected chi connectivity index (χ2v) is 5.48. The van der Waals surface area contributed by atoms with Gasteiger partial charge in [-0.05, 0) is 31.0 Å². The third kappa shape index (κ3) is 8.03. The third-order valence-corrected chi connectivity index (χ3v) is 3.31. The van der Waals surface area contributed by atoms with Crippen molar-refractivity contribution in [2.75, 3.05) is 25.1 Å². The van der Waals surface area contributed by atoms with Crippen LogP contribution in [-0.2, 0) is 15.7 Å². The Morgan fingerprint density at radius 1 is 1.31 bits per heavy atom. The fourth-order valence-corrected chi connectivity index (χ4v) is 1.92. The highest BCUT2D eigenvalue weighted by Crippen LogP contribution is 2.30. The molecule has 0 saturated carbocycles. The van der Waals surface area contributed by atoms with Crippen molar-refractivity contribution in [2.45, 2.75) is 32.4 Å². The van der Waals surface area contributed by atoms with Gasteiger partial charge >= 0.3 is 6.18 Å². The van der Waals surface area contributed by atoms with Crippen molar-refractivity contribution in [3.63, 3.8) is 0 Å². The predicted octanol–water partition coefficient (Wildman–Crippen LogP) is 3.85. The van der Waals surface area contributed by atoms with Crippen molar-refractivity contribution < 1.29 is 22.7 Å². The number of halogens is 3. The van der Waals surface area contributed by atoms with Gasteiger partial charge in [0.2, 0.25) is 0 Å². The van der Waals surface area contributed by atoms with E-state index >= 15 is 0 Å². The lowest BCUT2D eigenvalue weighted by molar-refractivity contribution is -0.137. The number of hydrogen-bond donors (Lipinski definition) is 2. The number of nitrogens with one attached hydrogen (secondary N) is 2. The van der Waals surface area contributed by atoms with Gasteiger partial charge in [-0.25, -0.2) is 0 Å². The van der Waals surface area contributed by atoms with Crippen LogP contribution in [0.5, 0.6) is 0 Å². The number of carbonyl (C=O) groups excluding carboxylic acids is 1. The van der Waals surface area contributed by atoms with Crippen LogP contribution in [-0.4, -0.2) is 25.7 Å². The van der Waals surface area contributed by atoms with Gasteiger partial charge in [0.25, 0.3) is 5.91 Å². The maximum atomic E-state index is 12.7. The summed E-state index contributed by atoms with van der Waals surface area (Å²) in [5, 5.41) is 14.1. The Balaban J connectivity index is 2.50. The zero-order valence-electron chi connectivity index (χ0n) is 14.5. The smallest absolute Gasteiger partial charge is 0.390 e. The Morgan fingerprint density at radius 3 is 2.69 bits per heavy atom. The van der Waals surface area contributed by atoms with E-state index in [1.165, 1.54) is 18.3 Å². The molecule has 1 rings (SSSR count). The number of nitrogens with zero attached hydrogens (tertiary/aromatic N) is 1. The summed E-state index contributed by atoms with van der Waals surface area (Å²) in [4.78, 5) is 12.0. The topological polar surface area (TPSA) is 74.1 Å². The average molecular weight is 369 g/mol. The van der Waals surface area contributed by atoms with Crippen LogP contribution in [0.25, 0.3) is 0 Å². The molecule has 5 nitrogen and oxygen atoms in total. The molecule has 0 aromatic heterocycles. The molecule has 2 N–H and O–H groups in total. The number of rotatable bonds is 10. The molecule has 0 atom stereocenters. The molecule has 1 aromatic carbocycles. The molecular weight excluding hydrogens is 347 g/mol. The molecule has 1 aromatic rings. The van der Waals surface area contributed by atoms with Gasteiger partial charge in [0.1, 0.15) is 11.6 Å². The quantitative estimate of drug-likeness (QED) is 0.373. The number of ether oxygens (including phenoxy) is 1. The molecule has 0 spiro atoms. The molecular formula is C18H22F3N3O2. The number of carbonyl (C=O) groups is 1. The molecule has 0 aliphatic rings. The molecule has 0 heterocycles. The minimum atomic E-state index is -4.50. The van der Waals surface area contributed by atoms with E-state index in [1.807, 2.05) is 0 Å². The summed E-state index contributed by atoms with van der Waals surface area (Å²) in [6.07, 6.45) is -0.492. The van der Waals surface area contributed by atoms with Crippen molar-refractivity contribution in [3.05, 3.63) is 41.6 Å². The van der Waals surface area contributed by atoms with E-state index in [1.54, 1.807) is 6.07 Å². The number of benzene rings is 1. The van der Waals surface area contributed by atoms with Crippen LogP contribution in [0.15, 0.2) is 36.0 Å². The summed E-state index contributed by atoms with van der Waals surface area (Å²) in [5.41, 5.74) is -1.14. The van der Waals surface area contributed by atoms with Gasteiger partial charge in [-0.1, -0.05) is 19.4 Å². The van der Waals surface area contributed by atoms with Crippen molar-refractivity contribution in [1.29, 1.82) is 5.26 Å². The van der Waals surface area contributed by atoms with E-state index in [9.17, 15) is 18.0 Å². The summed E-state index contributed by atoms with van der Waals surface area (Å²) in [5.74, 6) is -0.779. The zero-order valence-corrected chi connectivity index (χ0v) is 14.5. The molecule has 0 unspecified atom stereocenters. The molecule has 0 radical (unpaired) electrons. The van der Waals surface area contributed by atoms with Crippen LogP contribution in [0.3, 0.4) is 0 Å². The highest BCUT2D eigenvalue weighted by molar-refractivity contribution is 6.06. The highest BCUT2D eigenvalue weighted by Gasteiger charge is 2.30. The summed E-state index contributed by atoms with van der Waals surface area (Å²) in [6.45, 7) is 3.85. The van der Waals surface area contributed by atoms with Gasteiger partial charge in [0, 0.05) is 31.6 Å². The van der Waals surface area contributed by atoms with E-state index < -0.39 is 17.6 Å². The minimum absolute atomic E-state index is 0.0321. The number of unbranched alkanes of at least 4 members (excludes halogenated alkanes) is 1. The lowest BCUT2D eigenvalue weighted by atomic mass is 10.2. The standard InChI is InChI=1S/C18H22F3N3O2/c1-2-3-9-26-10-5-8-23-13-14(12-22)17(25)24-16-7-4-6-15(11-16)18(19,20)21/h4,6-7,11,13,23H,2-3,5,8-10H2,1H3,(H,24,25)/b14-13-. The molecule has 0 fully saturated rings. The van der Waals surface area contributed by atoms with Crippen LogP contribution < -0.4 is 10.6 Å². The molecule has 0 saturated heterocycles. The van der Waals surface area contributed by atoms with Gasteiger partial charge in [0.15, 0.2) is 0 Å². The lowest BCUT2D eigenvalue weighted by Crippen LogP contribution is -2.18.